The lowest BCUT2D eigenvalue weighted by Crippen LogP contribution is -2.40. The lowest BCUT2D eigenvalue weighted by atomic mass is 9.90. The van der Waals surface area contributed by atoms with E-state index >= 15 is 0 Å². The summed E-state index contributed by atoms with van der Waals surface area (Å²) in [5.41, 5.74) is 1.60. The van der Waals surface area contributed by atoms with Gasteiger partial charge in [-0.1, -0.05) is 18.2 Å². The molecule has 104 valence electrons. The summed E-state index contributed by atoms with van der Waals surface area (Å²) < 4.78 is 37.0. The number of hydrogen-bond acceptors (Lipinski definition) is 2. The van der Waals surface area contributed by atoms with E-state index in [2.05, 4.69) is 5.32 Å². The van der Waals surface area contributed by atoms with Gasteiger partial charge in [0.2, 0.25) is 5.91 Å². The van der Waals surface area contributed by atoms with Gasteiger partial charge < -0.3 is 10.2 Å². The first-order valence-corrected chi connectivity index (χ1v) is 6.03. The Labute approximate surface area is 109 Å². The number of anilines is 1. The largest absolute Gasteiger partial charge is 0.406 e. The Morgan fingerprint density at radius 2 is 2.11 bits per heavy atom. The minimum absolute atomic E-state index is 0.480. The zero-order chi connectivity index (χ0) is 14.0. The van der Waals surface area contributed by atoms with Crippen LogP contribution in [0.25, 0.3) is 0 Å². The van der Waals surface area contributed by atoms with Gasteiger partial charge in [-0.3, -0.25) is 4.79 Å². The number of halogens is 3. The van der Waals surface area contributed by atoms with Crippen molar-refractivity contribution in [3.05, 3.63) is 29.8 Å². The number of amides is 1. The highest BCUT2D eigenvalue weighted by molar-refractivity contribution is 5.86. The van der Waals surface area contributed by atoms with Crippen LogP contribution in [0.4, 0.5) is 18.9 Å². The summed E-state index contributed by atoms with van der Waals surface area (Å²) in [6, 6.07) is 7.23. The molecule has 6 heteroatoms. The van der Waals surface area contributed by atoms with Gasteiger partial charge in [-0.2, -0.15) is 13.2 Å². The number of para-hydroxylation sites is 1. The van der Waals surface area contributed by atoms with E-state index in [1.54, 1.807) is 12.1 Å². The molecule has 1 N–H and O–H groups in total. The lowest BCUT2D eigenvalue weighted by Gasteiger charge is -2.29. The van der Waals surface area contributed by atoms with Gasteiger partial charge in [-0.05, 0) is 18.1 Å². The van der Waals surface area contributed by atoms with Gasteiger partial charge in [-0.25, -0.2) is 0 Å². The first-order chi connectivity index (χ1) is 8.88. The summed E-state index contributed by atoms with van der Waals surface area (Å²) in [7, 11) is 1.19. The molecule has 0 saturated heterocycles. The van der Waals surface area contributed by atoms with Crippen molar-refractivity contribution in [2.24, 2.45) is 0 Å². The number of rotatable bonds is 2. The summed E-state index contributed by atoms with van der Waals surface area (Å²) in [4.78, 5) is 12.9. The summed E-state index contributed by atoms with van der Waals surface area (Å²) >= 11 is 0. The standard InChI is InChI=1S/C13H15F3N2O/c1-18(8-13(14,15)16)12(19)10-6-7-17-11-5-3-2-4-9(10)11/h2-5,10,17H,6-8H2,1H3. The summed E-state index contributed by atoms with van der Waals surface area (Å²) in [5.74, 6) is -0.976. The second-order valence-corrected chi connectivity index (χ2v) is 4.66. The molecule has 0 fully saturated rings. The highest BCUT2D eigenvalue weighted by atomic mass is 19.4. The normalized spacial score (nSPS) is 18.4. The maximum atomic E-state index is 12.3. The molecule has 0 radical (unpaired) electrons. The van der Waals surface area contributed by atoms with Gasteiger partial charge in [0.1, 0.15) is 6.54 Å². The molecule has 1 atom stereocenters. The number of hydrogen-bond donors (Lipinski definition) is 1. The molecule has 3 nitrogen and oxygen atoms in total. The van der Waals surface area contributed by atoms with Crippen LogP contribution in [-0.2, 0) is 4.79 Å². The maximum Gasteiger partial charge on any atom is 0.406 e. The van der Waals surface area contributed by atoms with E-state index in [-0.39, 0.29) is 0 Å². The zero-order valence-electron chi connectivity index (χ0n) is 10.5. The molecule has 1 aromatic carbocycles. The van der Waals surface area contributed by atoms with Crippen molar-refractivity contribution >= 4 is 11.6 Å². The minimum Gasteiger partial charge on any atom is -0.385 e. The molecule has 1 heterocycles. The van der Waals surface area contributed by atoms with Crippen LogP contribution in [0.5, 0.6) is 0 Å². The second-order valence-electron chi connectivity index (χ2n) is 4.66. The van der Waals surface area contributed by atoms with Gasteiger partial charge in [0, 0.05) is 19.3 Å². The second kappa shape index (κ2) is 5.11. The van der Waals surface area contributed by atoms with Crippen molar-refractivity contribution in [2.75, 3.05) is 25.5 Å². The Balaban J connectivity index is 2.17. The molecular weight excluding hydrogens is 257 g/mol. The molecule has 1 aromatic rings. The van der Waals surface area contributed by atoms with Gasteiger partial charge in [0.25, 0.3) is 0 Å². The van der Waals surface area contributed by atoms with Gasteiger partial charge in [0.05, 0.1) is 5.92 Å². The SMILES string of the molecule is CN(CC(F)(F)F)C(=O)C1CCNc2ccccc21. The van der Waals surface area contributed by atoms with Crippen LogP contribution in [0.2, 0.25) is 0 Å². The van der Waals surface area contributed by atoms with E-state index in [4.69, 9.17) is 0 Å². The molecule has 1 aliphatic heterocycles. The smallest absolute Gasteiger partial charge is 0.385 e. The molecule has 19 heavy (non-hydrogen) atoms. The average Bonchev–Trinajstić information content (AvgIpc) is 2.35. The Bertz CT molecular complexity index is 473. The molecule has 0 aliphatic carbocycles. The summed E-state index contributed by atoms with van der Waals surface area (Å²) in [5, 5.41) is 3.14. The van der Waals surface area contributed by atoms with Crippen LogP contribution >= 0.6 is 0 Å². The molecule has 2 rings (SSSR count). The minimum atomic E-state index is -4.36. The number of nitrogens with zero attached hydrogens (tertiary/aromatic N) is 1. The van der Waals surface area contributed by atoms with Crippen molar-refractivity contribution in [1.29, 1.82) is 0 Å². The van der Waals surface area contributed by atoms with Gasteiger partial charge >= 0.3 is 6.18 Å². The van der Waals surface area contributed by atoms with Crippen LogP contribution in [0, 0.1) is 0 Å². The van der Waals surface area contributed by atoms with Gasteiger partial charge in [-0.15, -0.1) is 0 Å². The highest BCUT2D eigenvalue weighted by Crippen LogP contribution is 2.32. The van der Waals surface area contributed by atoms with E-state index < -0.39 is 24.5 Å². The van der Waals surface area contributed by atoms with Crippen molar-refractivity contribution in [1.82, 2.24) is 4.90 Å². The monoisotopic (exact) mass is 272 g/mol. The number of alkyl halides is 3. The Morgan fingerprint density at radius 3 is 2.79 bits per heavy atom. The third-order valence-corrected chi connectivity index (χ3v) is 3.18. The quantitative estimate of drug-likeness (QED) is 0.897. The molecule has 1 unspecified atom stereocenters. The number of carbonyl (C=O) groups is 1. The summed E-state index contributed by atoms with van der Waals surface area (Å²) in [6.07, 6.45) is -3.85. The molecule has 1 amide bonds. The average molecular weight is 272 g/mol. The van der Waals surface area contributed by atoms with E-state index in [1.807, 2.05) is 12.1 Å². The number of carbonyl (C=O) groups excluding carboxylic acids is 1. The fourth-order valence-corrected chi connectivity index (χ4v) is 2.34. The van der Waals surface area contributed by atoms with Crippen LogP contribution in [0.15, 0.2) is 24.3 Å². The molecule has 0 spiro atoms. The maximum absolute atomic E-state index is 12.3. The zero-order valence-corrected chi connectivity index (χ0v) is 10.5. The van der Waals surface area contributed by atoms with Crippen molar-refractivity contribution < 1.29 is 18.0 Å². The Morgan fingerprint density at radius 1 is 1.42 bits per heavy atom. The van der Waals surface area contributed by atoms with E-state index in [9.17, 15) is 18.0 Å². The van der Waals surface area contributed by atoms with E-state index in [0.29, 0.717) is 13.0 Å². The molecule has 0 saturated carbocycles. The van der Waals surface area contributed by atoms with Crippen LogP contribution < -0.4 is 5.32 Å². The topological polar surface area (TPSA) is 32.3 Å². The number of benzene rings is 1. The van der Waals surface area contributed by atoms with Crippen LogP contribution in [0.1, 0.15) is 17.9 Å². The number of fused-ring (bicyclic) bond motifs is 1. The fourth-order valence-electron chi connectivity index (χ4n) is 2.34. The number of nitrogens with one attached hydrogen (secondary N) is 1. The lowest BCUT2D eigenvalue weighted by molar-refractivity contribution is -0.159. The van der Waals surface area contributed by atoms with Crippen LogP contribution in [-0.4, -0.2) is 37.1 Å². The molecule has 1 aliphatic rings. The predicted octanol–water partition coefficient (Wildman–Crippen LogP) is 2.61. The third-order valence-electron chi connectivity index (χ3n) is 3.18. The number of likely N-dealkylation sites (N-methyl/N-ethyl adjacent to an activating group) is 1. The molecular formula is C13H15F3N2O. The first-order valence-electron chi connectivity index (χ1n) is 6.03. The van der Waals surface area contributed by atoms with E-state index in [1.165, 1.54) is 7.05 Å². The van der Waals surface area contributed by atoms with Crippen molar-refractivity contribution in [2.45, 2.75) is 18.5 Å². The third kappa shape index (κ3) is 3.19. The highest BCUT2D eigenvalue weighted by Gasteiger charge is 2.35. The van der Waals surface area contributed by atoms with Crippen LogP contribution in [0.3, 0.4) is 0 Å². The van der Waals surface area contributed by atoms with E-state index in [0.717, 1.165) is 16.2 Å². The van der Waals surface area contributed by atoms with Crippen molar-refractivity contribution in [3.8, 4) is 0 Å². The Hall–Kier alpha value is -1.72. The van der Waals surface area contributed by atoms with Gasteiger partial charge in [0.15, 0.2) is 0 Å². The molecule has 0 bridgehead atoms. The predicted molar refractivity (Wildman–Crippen MR) is 66.0 cm³/mol. The summed E-state index contributed by atoms with van der Waals surface area (Å²) in [6.45, 7) is -0.620. The van der Waals surface area contributed by atoms with Crippen molar-refractivity contribution in [3.63, 3.8) is 0 Å². The Kier molecular flexibility index (Phi) is 3.68. The molecule has 0 aromatic heterocycles. The first kappa shape index (κ1) is 13.7. The fraction of sp³-hybridized carbons (Fsp3) is 0.462.